The topological polar surface area (TPSA) is 15.6 Å². The highest BCUT2D eigenvalue weighted by Crippen LogP contribution is 1.88. The minimum absolute atomic E-state index is 1.01. The summed E-state index contributed by atoms with van der Waals surface area (Å²) in [6, 6.07) is 0. The van der Waals surface area contributed by atoms with Crippen LogP contribution in [-0.4, -0.2) is 36.6 Å². The van der Waals surface area contributed by atoms with Gasteiger partial charge in [-0.15, -0.1) is 0 Å². The Morgan fingerprint density at radius 1 is 1.13 bits per heavy atom. The predicted octanol–water partition coefficient (Wildman–Crippen LogP) is 3.73. The van der Waals surface area contributed by atoms with Crippen molar-refractivity contribution in [2.45, 2.75) is 48.0 Å². The summed E-state index contributed by atoms with van der Waals surface area (Å²) in [4.78, 5) is 6.30. The second-order valence-electron chi connectivity index (χ2n) is 2.67. The van der Waals surface area contributed by atoms with Crippen molar-refractivity contribution in [3.8, 4) is 0 Å². The van der Waals surface area contributed by atoms with Crippen LogP contribution >= 0.6 is 12.6 Å². The molecule has 94 valence electrons. The summed E-state index contributed by atoms with van der Waals surface area (Å²) in [5, 5.41) is 0. The molecule has 0 atom stereocenters. The molecule has 0 aromatic rings. The van der Waals surface area contributed by atoms with Gasteiger partial charge in [0.2, 0.25) is 0 Å². The molecule has 3 heteroatoms. The van der Waals surface area contributed by atoms with Gasteiger partial charge < -0.3 is 4.90 Å². The molecule has 0 fully saturated rings. The van der Waals surface area contributed by atoms with E-state index in [0.29, 0.717) is 0 Å². The van der Waals surface area contributed by atoms with E-state index >= 15 is 0 Å². The van der Waals surface area contributed by atoms with Crippen molar-refractivity contribution in [1.82, 2.24) is 4.90 Å². The Kier molecular flexibility index (Phi) is 26.2. The van der Waals surface area contributed by atoms with E-state index in [-0.39, 0.29) is 0 Å². The zero-order valence-corrected chi connectivity index (χ0v) is 12.6. The molecule has 0 aliphatic rings. The van der Waals surface area contributed by atoms with Crippen LogP contribution < -0.4 is 0 Å². The maximum atomic E-state index is 4.07. The van der Waals surface area contributed by atoms with Gasteiger partial charge in [0, 0.05) is 20.1 Å². The van der Waals surface area contributed by atoms with Crippen molar-refractivity contribution in [2.24, 2.45) is 4.99 Å². The molecule has 0 unspecified atom stereocenters. The van der Waals surface area contributed by atoms with Gasteiger partial charge >= 0.3 is 0 Å². The predicted molar refractivity (Wildman–Crippen MR) is 77.4 cm³/mol. The first-order chi connectivity index (χ1) is 7.17. The molecule has 0 amide bonds. The van der Waals surface area contributed by atoms with Crippen LogP contribution in [0.5, 0.6) is 0 Å². The van der Waals surface area contributed by atoms with Crippen LogP contribution in [0, 0.1) is 0 Å². The summed E-state index contributed by atoms with van der Waals surface area (Å²) >= 11 is 3.92. The highest BCUT2D eigenvalue weighted by molar-refractivity contribution is 7.80. The first kappa shape index (κ1) is 20.3. The van der Waals surface area contributed by atoms with E-state index in [1.165, 1.54) is 6.42 Å². The molecule has 0 aromatic heterocycles. The van der Waals surface area contributed by atoms with Crippen molar-refractivity contribution in [3.05, 3.63) is 0 Å². The number of hydrogen-bond acceptors (Lipinski definition) is 2. The Morgan fingerprint density at radius 3 is 1.53 bits per heavy atom. The molecule has 15 heavy (non-hydrogen) atoms. The third kappa shape index (κ3) is 16.5. The molecule has 0 rings (SSSR count). The second-order valence-corrected chi connectivity index (χ2v) is 3.11. The molecule has 0 saturated heterocycles. The number of rotatable bonds is 3. The molecule has 0 spiro atoms. The fraction of sp³-hybridized carbons (Fsp3) is 0.917. The van der Waals surface area contributed by atoms with E-state index < -0.39 is 0 Å². The minimum Gasteiger partial charge on any atom is -0.361 e. The Bertz CT molecular complexity index is 119. The lowest BCUT2D eigenvalue weighted by Crippen LogP contribution is -2.27. The number of amidine groups is 1. The SMILES string of the molecule is CC.CCCS.CCN(CC)C(C)=NC. The lowest BCUT2D eigenvalue weighted by Gasteiger charge is -2.19. The van der Waals surface area contributed by atoms with Crippen molar-refractivity contribution < 1.29 is 0 Å². The number of hydrogen-bond donors (Lipinski definition) is 1. The molecule has 0 N–H and O–H groups in total. The first-order valence-corrected chi connectivity index (χ1v) is 6.60. The summed E-state index contributed by atoms with van der Waals surface area (Å²) in [5.74, 6) is 2.14. The zero-order valence-electron chi connectivity index (χ0n) is 11.7. The van der Waals surface area contributed by atoms with Gasteiger partial charge in [-0.05, 0) is 32.9 Å². The molecule has 0 aromatic carbocycles. The van der Waals surface area contributed by atoms with E-state index in [0.717, 1.165) is 24.7 Å². The van der Waals surface area contributed by atoms with E-state index in [1.807, 2.05) is 27.8 Å². The van der Waals surface area contributed by atoms with Crippen molar-refractivity contribution in [1.29, 1.82) is 0 Å². The number of aliphatic imine (C=N–C) groups is 1. The van der Waals surface area contributed by atoms with Crippen molar-refractivity contribution in [2.75, 3.05) is 25.9 Å². The van der Waals surface area contributed by atoms with Gasteiger partial charge in [0.1, 0.15) is 0 Å². The standard InChI is InChI=1S/C7H16N2.C3H8S.C2H6/c1-5-9(6-2)7(3)8-4;1-2-3-4;1-2/h5-6H2,1-4H3;4H,2-3H2,1H3;1-2H3. The van der Waals surface area contributed by atoms with Crippen LogP contribution in [0.4, 0.5) is 0 Å². The van der Waals surface area contributed by atoms with Crippen molar-refractivity contribution >= 4 is 18.5 Å². The smallest absolute Gasteiger partial charge is 0.0953 e. The largest absolute Gasteiger partial charge is 0.361 e. The molecule has 0 heterocycles. The number of thiol groups is 1. The van der Waals surface area contributed by atoms with Gasteiger partial charge in [0.05, 0.1) is 5.84 Å². The Labute approximate surface area is 103 Å². The minimum atomic E-state index is 1.01. The van der Waals surface area contributed by atoms with Gasteiger partial charge in [-0.3, -0.25) is 4.99 Å². The Morgan fingerprint density at radius 2 is 1.47 bits per heavy atom. The summed E-state index contributed by atoms with van der Waals surface area (Å²) in [6.07, 6.45) is 1.18. The summed E-state index contributed by atoms with van der Waals surface area (Å²) < 4.78 is 0. The highest BCUT2D eigenvalue weighted by atomic mass is 32.1. The first-order valence-electron chi connectivity index (χ1n) is 5.96. The van der Waals surface area contributed by atoms with Crippen LogP contribution in [0.3, 0.4) is 0 Å². The Balaban J connectivity index is -0.000000202. The van der Waals surface area contributed by atoms with Crippen molar-refractivity contribution in [3.63, 3.8) is 0 Å². The molecule has 0 aliphatic carbocycles. The lowest BCUT2D eigenvalue weighted by atomic mass is 10.5. The summed E-state index contributed by atoms with van der Waals surface area (Å²) in [5.41, 5.74) is 0. The summed E-state index contributed by atoms with van der Waals surface area (Å²) in [7, 11) is 1.83. The van der Waals surface area contributed by atoms with Crippen LogP contribution in [-0.2, 0) is 0 Å². The van der Waals surface area contributed by atoms with E-state index in [1.54, 1.807) is 0 Å². The van der Waals surface area contributed by atoms with E-state index in [9.17, 15) is 0 Å². The molecule has 0 saturated carbocycles. The molecule has 0 radical (unpaired) electrons. The quantitative estimate of drug-likeness (QED) is 0.447. The molecule has 0 aliphatic heterocycles. The fourth-order valence-corrected chi connectivity index (χ4v) is 0.823. The van der Waals surface area contributed by atoms with Gasteiger partial charge in [-0.2, -0.15) is 12.6 Å². The summed E-state index contributed by atoms with van der Waals surface area (Å²) in [6.45, 7) is 14.5. The normalized spacial score (nSPS) is 9.47. The van der Waals surface area contributed by atoms with E-state index in [2.05, 4.69) is 43.3 Å². The van der Waals surface area contributed by atoms with Crippen LogP contribution in [0.25, 0.3) is 0 Å². The molecule has 0 bridgehead atoms. The van der Waals surface area contributed by atoms with E-state index in [4.69, 9.17) is 0 Å². The average molecular weight is 234 g/mol. The third-order valence-electron chi connectivity index (χ3n) is 1.77. The van der Waals surface area contributed by atoms with Crippen LogP contribution in [0.1, 0.15) is 48.0 Å². The van der Waals surface area contributed by atoms with Crippen LogP contribution in [0.2, 0.25) is 0 Å². The molecular formula is C12H30N2S. The maximum absolute atomic E-state index is 4.07. The Hall–Kier alpha value is -0.180. The fourth-order valence-electron chi connectivity index (χ4n) is 0.823. The van der Waals surface area contributed by atoms with Gasteiger partial charge in [-0.25, -0.2) is 0 Å². The third-order valence-corrected chi connectivity index (χ3v) is 2.22. The highest BCUT2D eigenvalue weighted by Gasteiger charge is 1.96. The molecular weight excluding hydrogens is 204 g/mol. The maximum Gasteiger partial charge on any atom is 0.0953 e. The zero-order chi connectivity index (χ0) is 12.7. The molecule has 2 nitrogen and oxygen atoms in total. The second kappa shape index (κ2) is 19.4. The number of nitrogens with zero attached hydrogens (tertiary/aromatic N) is 2. The van der Waals surface area contributed by atoms with Gasteiger partial charge in [0.25, 0.3) is 0 Å². The monoisotopic (exact) mass is 234 g/mol. The lowest BCUT2D eigenvalue weighted by molar-refractivity contribution is 0.462. The average Bonchev–Trinajstić information content (AvgIpc) is 2.33. The van der Waals surface area contributed by atoms with Gasteiger partial charge in [0.15, 0.2) is 0 Å². The van der Waals surface area contributed by atoms with Crippen LogP contribution in [0.15, 0.2) is 4.99 Å². The van der Waals surface area contributed by atoms with Gasteiger partial charge in [-0.1, -0.05) is 20.8 Å².